The SMILES string of the molecule is CCCCCCCCCCCCc1cc2ccccc2c(S(=O)(=O)[O-])c1CCCCCCCCCCCC.CCCCCCCCCCCCc1cc2ccccc2c(S(=O)(=O)[O-])c1CCCCCCCCCCCC.[Ba+2]. The minimum atomic E-state index is -4.55. The number of aryl methyl sites for hydroxylation is 2. The first-order valence-electron chi connectivity index (χ1n) is 32.0. The molecule has 0 saturated heterocycles. The molecule has 0 aromatic heterocycles. The zero-order valence-electron chi connectivity index (χ0n) is 49.9. The van der Waals surface area contributed by atoms with E-state index in [1.165, 1.54) is 218 Å². The van der Waals surface area contributed by atoms with Gasteiger partial charge in [-0.25, -0.2) is 16.8 Å². The smallest absolute Gasteiger partial charge is 0.744 e. The first kappa shape index (κ1) is 71.9. The van der Waals surface area contributed by atoms with Crippen molar-refractivity contribution in [2.75, 3.05) is 0 Å². The Labute approximate surface area is 514 Å². The van der Waals surface area contributed by atoms with Crippen LogP contribution < -0.4 is 0 Å². The van der Waals surface area contributed by atoms with Gasteiger partial charge in [0, 0.05) is 0 Å². The van der Waals surface area contributed by atoms with Crippen molar-refractivity contribution in [3.8, 4) is 0 Å². The van der Waals surface area contributed by atoms with Crippen LogP contribution in [0.2, 0.25) is 0 Å². The molecule has 432 valence electrons. The summed E-state index contributed by atoms with van der Waals surface area (Å²) < 4.78 is 74.9. The van der Waals surface area contributed by atoms with Crippen molar-refractivity contribution in [1.29, 1.82) is 0 Å². The van der Waals surface area contributed by atoms with E-state index < -0.39 is 20.2 Å². The van der Waals surface area contributed by atoms with E-state index >= 15 is 0 Å². The summed E-state index contributed by atoms with van der Waals surface area (Å²) in [6, 6.07) is 19.3. The zero-order chi connectivity index (χ0) is 55.0. The van der Waals surface area contributed by atoms with E-state index in [0.717, 1.165) is 84.4 Å². The van der Waals surface area contributed by atoms with E-state index in [1.807, 2.05) is 36.4 Å². The quantitative estimate of drug-likeness (QED) is 0.0247. The van der Waals surface area contributed by atoms with Crippen molar-refractivity contribution in [1.82, 2.24) is 0 Å². The average Bonchev–Trinajstić information content (AvgIpc) is 3.40. The Balaban J connectivity index is 0.000000520. The fraction of sp³-hybridized carbons (Fsp3) is 0.706. The van der Waals surface area contributed by atoms with Gasteiger partial charge in [0.2, 0.25) is 0 Å². The summed E-state index contributed by atoms with van der Waals surface area (Å²) in [7, 11) is -9.09. The number of benzene rings is 4. The van der Waals surface area contributed by atoms with Gasteiger partial charge >= 0.3 is 48.9 Å². The normalized spacial score (nSPS) is 11.8. The molecule has 4 rings (SSSR count). The predicted molar refractivity (Wildman–Crippen MR) is 332 cm³/mol. The van der Waals surface area contributed by atoms with E-state index in [1.54, 1.807) is 12.1 Å². The fourth-order valence-electron chi connectivity index (χ4n) is 11.6. The van der Waals surface area contributed by atoms with Crippen LogP contribution in [0.4, 0.5) is 0 Å². The monoisotopic (exact) mass is 1220 g/mol. The molecule has 0 fully saturated rings. The van der Waals surface area contributed by atoms with Crippen LogP contribution in [0.5, 0.6) is 0 Å². The van der Waals surface area contributed by atoms with E-state index in [-0.39, 0.29) is 58.7 Å². The van der Waals surface area contributed by atoms with Crippen LogP contribution >= 0.6 is 0 Å². The van der Waals surface area contributed by atoms with Gasteiger partial charge < -0.3 is 9.11 Å². The Kier molecular flexibility index (Phi) is 42.3. The number of unbranched alkanes of at least 4 members (excludes halogenated alkanes) is 36. The van der Waals surface area contributed by atoms with E-state index in [2.05, 4.69) is 39.8 Å². The third-order valence-corrected chi connectivity index (χ3v) is 18.0. The van der Waals surface area contributed by atoms with Gasteiger partial charge in [-0.05, 0) is 95.2 Å². The molecule has 0 aliphatic carbocycles. The fourth-order valence-corrected chi connectivity index (χ4v) is 13.6. The van der Waals surface area contributed by atoms with Gasteiger partial charge in [-0.2, -0.15) is 0 Å². The average molecular weight is 1230 g/mol. The summed E-state index contributed by atoms with van der Waals surface area (Å²) in [5.41, 5.74) is 3.76. The van der Waals surface area contributed by atoms with Crippen molar-refractivity contribution in [2.45, 2.75) is 320 Å². The molecule has 0 N–H and O–H groups in total. The van der Waals surface area contributed by atoms with Gasteiger partial charge in [-0.1, -0.05) is 320 Å². The van der Waals surface area contributed by atoms with Crippen LogP contribution in [0, 0.1) is 0 Å². The number of hydrogen-bond donors (Lipinski definition) is 0. The maximum atomic E-state index is 12.5. The minimum absolute atomic E-state index is 0. The molecule has 0 aliphatic heterocycles. The van der Waals surface area contributed by atoms with Crippen LogP contribution in [0.25, 0.3) is 21.5 Å². The number of hydrogen-bond acceptors (Lipinski definition) is 6. The van der Waals surface area contributed by atoms with E-state index in [0.29, 0.717) is 23.6 Å². The zero-order valence-corrected chi connectivity index (χ0v) is 55.9. The van der Waals surface area contributed by atoms with Gasteiger partial charge in [0.05, 0.1) is 9.79 Å². The molecule has 77 heavy (non-hydrogen) atoms. The third-order valence-electron chi connectivity index (χ3n) is 16.1. The predicted octanol–water partition coefficient (Wildman–Crippen LogP) is 21.0. The summed E-state index contributed by atoms with van der Waals surface area (Å²) in [6.45, 7) is 9.02. The molecule has 6 nitrogen and oxygen atoms in total. The molecule has 0 saturated carbocycles. The molecule has 9 heteroatoms. The first-order valence-corrected chi connectivity index (χ1v) is 34.8. The standard InChI is InChI=1S/2C34H56O3S.Ba/c2*1-3-5-7-9-11-13-15-17-19-21-25-30-29-31-26-23-24-28-33(31)34(38(35,36)37)32(30)27-22-20-18-16-14-12-10-8-6-4-2;/h2*23-24,26,28-29H,3-22,25,27H2,1-2H3,(H,35,36,37);/q;;+2/p-2. The molecule has 0 radical (unpaired) electrons. The minimum Gasteiger partial charge on any atom is -0.744 e. The van der Waals surface area contributed by atoms with Crippen molar-refractivity contribution in [2.24, 2.45) is 0 Å². The molecule has 4 aromatic rings. The second-order valence-corrected chi connectivity index (χ2v) is 25.4. The molecular weight excluding hydrogens is 1110 g/mol. The van der Waals surface area contributed by atoms with Gasteiger partial charge in [-0.15, -0.1) is 0 Å². The van der Waals surface area contributed by atoms with E-state index in [4.69, 9.17) is 0 Å². The molecule has 0 bridgehead atoms. The maximum Gasteiger partial charge on any atom is 2.00 e. The van der Waals surface area contributed by atoms with Gasteiger partial charge in [-0.3, -0.25) is 0 Å². The Morgan fingerprint density at radius 2 is 0.506 bits per heavy atom. The Morgan fingerprint density at radius 1 is 0.299 bits per heavy atom. The van der Waals surface area contributed by atoms with Gasteiger partial charge in [0.15, 0.2) is 0 Å². The second-order valence-electron chi connectivity index (χ2n) is 22.8. The molecule has 0 atom stereocenters. The van der Waals surface area contributed by atoms with Gasteiger partial charge in [0.25, 0.3) is 0 Å². The van der Waals surface area contributed by atoms with Crippen LogP contribution in [-0.4, -0.2) is 74.8 Å². The van der Waals surface area contributed by atoms with Crippen LogP contribution in [-0.2, 0) is 45.9 Å². The number of fused-ring (bicyclic) bond motifs is 2. The Hall–Kier alpha value is -1.21. The van der Waals surface area contributed by atoms with Crippen molar-refractivity contribution in [3.05, 3.63) is 82.9 Å². The summed E-state index contributed by atoms with van der Waals surface area (Å²) >= 11 is 0. The summed E-state index contributed by atoms with van der Waals surface area (Å²) in [4.78, 5) is 0.0993. The van der Waals surface area contributed by atoms with Crippen molar-refractivity contribution in [3.63, 3.8) is 0 Å². The molecule has 0 spiro atoms. The molecule has 0 heterocycles. The summed E-state index contributed by atoms with van der Waals surface area (Å²) in [5.74, 6) is 0. The summed E-state index contributed by atoms with van der Waals surface area (Å²) in [6.07, 6.45) is 53.5. The van der Waals surface area contributed by atoms with Crippen LogP contribution in [0.15, 0.2) is 70.5 Å². The van der Waals surface area contributed by atoms with Crippen LogP contribution in [0.3, 0.4) is 0 Å². The third kappa shape index (κ3) is 31.2. The van der Waals surface area contributed by atoms with Crippen molar-refractivity contribution < 1.29 is 25.9 Å². The molecule has 0 unspecified atom stereocenters. The second kappa shape index (κ2) is 45.3. The first-order chi connectivity index (χ1) is 37.0. The van der Waals surface area contributed by atoms with Crippen molar-refractivity contribution >= 4 is 90.7 Å². The molecule has 0 amide bonds. The van der Waals surface area contributed by atoms with Gasteiger partial charge in [0.1, 0.15) is 20.2 Å². The maximum absolute atomic E-state index is 12.5. The van der Waals surface area contributed by atoms with E-state index in [9.17, 15) is 25.9 Å². The van der Waals surface area contributed by atoms with Crippen LogP contribution in [0.1, 0.15) is 307 Å². The summed E-state index contributed by atoms with van der Waals surface area (Å²) in [5, 5.41) is 2.93. The Morgan fingerprint density at radius 3 is 0.740 bits per heavy atom. The molecule has 0 aliphatic rings. The molecule has 4 aromatic carbocycles. The molecular formula is C68H110BaO6S2. The Bertz CT molecular complexity index is 2160. The topological polar surface area (TPSA) is 114 Å². The largest absolute Gasteiger partial charge is 2.00 e. The number of rotatable bonds is 46.